The lowest BCUT2D eigenvalue weighted by molar-refractivity contribution is 0.673. The van der Waals surface area contributed by atoms with Crippen LogP contribution in [0.1, 0.15) is 0 Å². The van der Waals surface area contributed by atoms with Crippen molar-refractivity contribution in [3.8, 4) is 16.8 Å². The van der Waals surface area contributed by atoms with E-state index in [1.807, 2.05) is 6.07 Å². The summed E-state index contributed by atoms with van der Waals surface area (Å²) < 4.78 is 8.88. The van der Waals surface area contributed by atoms with Crippen molar-refractivity contribution in [1.82, 2.24) is 4.57 Å². The first kappa shape index (κ1) is 21.6. The van der Waals surface area contributed by atoms with Crippen LogP contribution in [-0.2, 0) is 0 Å². The SMILES string of the molecule is c1ccc2c(c1)cc(-c1ccc(-n3c4ccccc4c4ccccc43)cc1)c1ccc3c4ccccc4oc3c12. The minimum absolute atomic E-state index is 0.926. The molecule has 0 aliphatic rings. The quantitative estimate of drug-likeness (QED) is 0.212. The fraction of sp³-hybridized carbons (Fsp3) is 0. The van der Waals surface area contributed by atoms with Gasteiger partial charge in [-0.15, -0.1) is 0 Å². The maximum Gasteiger partial charge on any atom is 0.143 e. The second-order valence-electron chi connectivity index (χ2n) is 10.5. The molecule has 0 fully saturated rings. The van der Waals surface area contributed by atoms with Crippen LogP contribution in [0.25, 0.3) is 82.1 Å². The Bertz CT molecular complexity index is 2370. The number of hydrogen-bond acceptors (Lipinski definition) is 1. The molecular formula is C38H23NO. The molecule has 0 aliphatic heterocycles. The molecule has 2 heteroatoms. The molecule has 0 saturated carbocycles. The highest BCUT2D eigenvalue weighted by Crippen LogP contribution is 2.42. The van der Waals surface area contributed by atoms with E-state index in [1.165, 1.54) is 54.5 Å². The summed E-state index contributed by atoms with van der Waals surface area (Å²) in [5.41, 5.74) is 7.89. The third kappa shape index (κ3) is 2.93. The molecule has 0 radical (unpaired) electrons. The van der Waals surface area contributed by atoms with E-state index in [4.69, 9.17) is 4.42 Å². The van der Waals surface area contributed by atoms with Gasteiger partial charge in [0.2, 0.25) is 0 Å². The van der Waals surface area contributed by atoms with Crippen LogP contribution < -0.4 is 0 Å². The van der Waals surface area contributed by atoms with Crippen LogP contribution in [0, 0.1) is 0 Å². The van der Waals surface area contributed by atoms with E-state index in [1.54, 1.807) is 0 Å². The number of fused-ring (bicyclic) bond motifs is 10. The van der Waals surface area contributed by atoms with Crippen LogP contribution in [-0.4, -0.2) is 4.57 Å². The Labute approximate surface area is 230 Å². The Morgan fingerprint density at radius 1 is 0.450 bits per heavy atom. The van der Waals surface area contributed by atoms with Crippen molar-refractivity contribution in [2.24, 2.45) is 0 Å². The van der Waals surface area contributed by atoms with Gasteiger partial charge >= 0.3 is 0 Å². The highest BCUT2D eigenvalue weighted by molar-refractivity contribution is 6.26. The summed E-state index contributed by atoms with van der Waals surface area (Å²) in [5, 5.41) is 9.67. The monoisotopic (exact) mass is 509 g/mol. The Kier molecular flexibility index (Phi) is 4.36. The smallest absolute Gasteiger partial charge is 0.143 e. The van der Waals surface area contributed by atoms with Gasteiger partial charge in [-0.3, -0.25) is 0 Å². The number of rotatable bonds is 2. The van der Waals surface area contributed by atoms with Crippen molar-refractivity contribution >= 4 is 65.3 Å². The summed E-state index contributed by atoms with van der Waals surface area (Å²) in [6, 6.07) is 50.1. The van der Waals surface area contributed by atoms with E-state index < -0.39 is 0 Å². The lowest BCUT2D eigenvalue weighted by Crippen LogP contribution is -1.93. The summed E-state index contributed by atoms with van der Waals surface area (Å²) in [6.45, 7) is 0. The molecule has 2 heterocycles. The molecule has 0 unspecified atom stereocenters. The second kappa shape index (κ2) is 8.08. The summed E-state index contributed by atoms with van der Waals surface area (Å²) >= 11 is 0. The number of benzene rings is 7. The van der Waals surface area contributed by atoms with Crippen LogP contribution in [0.2, 0.25) is 0 Å². The van der Waals surface area contributed by atoms with Crippen molar-refractivity contribution in [3.05, 3.63) is 140 Å². The zero-order chi connectivity index (χ0) is 26.2. The molecule has 7 aromatic carbocycles. The molecule has 186 valence electrons. The first-order valence-electron chi connectivity index (χ1n) is 13.7. The molecule has 40 heavy (non-hydrogen) atoms. The molecule has 2 nitrogen and oxygen atoms in total. The van der Waals surface area contributed by atoms with Crippen LogP contribution in [0.15, 0.2) is 144 Å². The molecule has 0 amide bonds. The summed E-state index contributed by atoms with van der Waals surface area (Å²) in [4.78, 5) is 0. The molecule has 9 aromatic rings. The Morgan fingerprint density at radius 3 is 1.80 bits per heavy atom. The van der Waals surface area contributed by atoms with Crippen LogP contribution in [0.5, 0.6) is 0 Å². The highest BCUT2D eigenvalue weighted by atomic mass is 16.3. The predicted octanol–water partition coefficient (Wildman–Crippen LogP) is 10.7. The molecule has 0 bridgehead atoms. The maximum atomic E-state index is 6.51. The summed E-state index contributed by atoms with van der Waals surface area (Å²) in [5.74, 6) is 0. The molecule has 0 saturated heterocycles. The fourth-order valence-corrected chi connectivity index (χ4v) is 6.59. The van der Waals surface area contributed by atoms with E-state index in [0.29, 0.717) is 0 Å². The van der Waals surface area contributed by atoms with Gasteiger partial charge in [-0.25, -0.2) is 0 Å². The number of nitrogens with zero attached hydrogens (tertiary/aromatic N) is 1. The molecule has 0 atom stereocenters. The second-order valence-corrected chi connectivity index (χ2v) is 10.5. The van der Waals surface area contributed by atoms with Crippen molar-refractivity contribution in [3.63, 3.8) is 0 Å². The van der Waals surface area contributed by atoms with Crippen LogP contribution >= 0.6 is 0 Å². The first-order chi connectivity index (χ1) is 19.8. The third-order valence-corrected chi connectivity index (χ3v) is 8.38. The molecule has 9 rings (SSSR count). The van der Waals surface area contributed by atoms with Crippen molar-refractivity contribution in [2.45, 2.75) is 0 Å². The Hall–Kier alpha value is -5.34. The molecule has 0 N–H and O–H groups in total. The summed E-state index contributed by atoms with van der Waals surface area (Å²) in [7, 11) is 0. The topological polar surface area (TPSA) is 18.1 Å². The van der Waals surface area contributed by atoms with Gasteiger partial charge in [0.05, 0.1) is 11.0 Å². The zero-order valence-electron chi connectivity index (χ0n) is 21.6. The van der Waals surface area contributed by atoms with E-state index in [9.17, 15) is 0 Å². The van der Waals surface area contributed by atoms with Crippen molar-refractivity contribution < 1.29 is 4.42 Å². The standard InChI is InChI=1S/C38H23NO/c1-2-10-27-25(9-1)23-33(31-21-22-32-30-13-5-8-16-36(30)40-38(32)37(27)31)24-17-19-26(20-18-24)39-34-14-6-3-11-28(34)29-12-4-7-15-35(29)39/h1-23H. The van der Waals surface area contributed by atoms with Gasteiger partial charge in [0.25, 0.3) is 0 Å². The fourth-order valence-electron chi connectivity index (χ4n) is 6.59. The maximum absolute atomic E-state index is 6.51. The van der Waals surface area contributed by atoms with E-state index in [0.717, 1.165) is 27.6 Å². The van der Waals surface area contributed by atoms with Crippen LogP contribution in [0.4, 0.5) is 0 Å². The Morgan fingerprint density at radius 2 is 1.05 bits per heavy atom. The zero-order valence-corrected chi connectivity index (χ0v) is 21.6. The highest BCUT2D eigenvalue weighted by Gasteiger charge is 2.17. The van der Waals surface area contributed by atoms with Gasteiger partial charge in [-0.2, -0.15) is 0 Å². The van der Waals surface area contributed by atoms with E-state index >= 15 is 0 Å². The largest absolute Gasteiger partial charge is 0.455 e. The number of hydrogen-bond donors (Lipinski definition) is 0. The van der Waals surface area contributed by atoms with E-state index in [2.05, 4.69) is 138 Å². The van der Waals surface area contributed by atoms with Crippen molar-refractivity contribution in [1.29, 1.82) is 0 Å². The number of para-hydroxylation sites is 3. The van der Waals surface area contributed by atoms with Crippen molar-refractivity contribution in [2.75, 3.05) is 0 Å². The normalized spacial score (nSPS) is 12.0. The lowest BCUT2D eigenvalue weighted by atomic mass is 9.92. The predicted molar refractivity (Wildman–Crippen MR) is 169 cm³/mol. The number of aromatic nitrogens is 1. The molecule has 0 aliphatic carbocycles. The van der Waals surface area contributed by atoms with E-state index in [-0.39, 0.29) is 0 Å². The molecular weight excluding hydrogens is 486 g/mol. The molecule has 2 aromatic heterocycles. The van der Waals surface area contributed by atoms with Gasteiger partial charge in [0, 0.05) is 32.6 Å². The van der Waals surface area contributed by atoms with Crippen LogP contribution in [0.3, 0.4) is 0 Å². The Balaban J connectivity index is 1.30. The van der Waals surface area contributed by atoms with Gasteiger partial charge in [-0.05, 0) is 69.8 Å². The van der Waals surface area contributed by atoms with Gasteiger partial charge in [0.1, 0.15) is 11.2 Å². The van der Waals surface area contributed by atoms with Gasteiger partial charge < -0.3 is 8.98 Å². The molecule has 0 spiro atoms. The average molecular weight is 510 g/mol. The minimum Gasteiger partial charge on any atom is -0.455 e. The van der Waals surface area contributed by atoms with Gasteiger partial charge in [0.15, 0.2) is 0 Å². The third-order valence-electron chi connectivity index (χ3n) is 8.38. The summed E-state index contributed by atoms with van der Waals surface area (Å²) in [6.07, 6.45) is 0. The van der Waals surface area contributed by atoms with Gasteiger partial charge in [-0.1, -0.05) is 97.1 Å². The minimum atomic E-state index is 0.926. The first-order valence-corrected chi connectivity index (χ1v) is 13.7. The lowest BCUT2D eigenvalue weighted by Gasteiger charge is -2.13. The number of furan rings is 1. The average Bonchev–Trinajstić information content (AvgIpc) is 3.57.